The molecular formula is C30H50O3Si2. The van der Waals surface area contributed by atoms with Gasteiger partial charge in [0.2, 0.25) is 0 Å². The second-order valence-corrected chi connectivity index (χ2v) is 20.0. The normalized spacial score (nSPS) is 11.6. The lowest BCUT2D eigenvalue weighted by Gasteiger charge is -2.23. The van der Waals surface area contributed by atoms with Gasteiger partial charge in [0.1, 0.15) is 0 Å². The molecule has 0 unspecified atom stereocenters. The van der Waals surface area contributed by atoms with E-state index < -0.39 is 23.6 Å². The van der Waals surface area contributed by atoms with Crippen molar-refractivity contribution in [1.82, 2.24) is 0 Å². The van der Waals surface area contributed by atoms with E-state index in [2.05, 4.69) is 104 Å². The summed E-state index contributed by atoms with van der Waals surface area (Å²) in [7, 11) is -1.75. The van der Waals surface area contributed by atoms with Crippen LogP contribution in [0.3, 0.4) is 0 Å². The summed E-state index contributed by atoms with van der Waals surface area (Å²) < 4.78 is 0. The maximum Gasteiger partial charge on any atom is 0.303 e. The first-order valence-electron chi connectivity index (χ1n) is 13.5. The predicted molar refractivity (Wildman–Crippen MR) is 158 cm³/mol. The third kappa shape index (κ3) is 11.3. The van der Waals surface area contributed by atoms with Gasteiger partial charge in [-0.15, -0.1) is 0 Å². The number of aryl methyl sites for hydroxylation is 2. The maximum atomic E-state index is 10.5. The Morgan fingerprint density at radius 2 is 1.00 bits per heavy atom. The number of carboxylic acid groups (broad SMARTS) is 1. The smallest absolute Gasteiger partial charge is 0.303 e. The SMILES string of the molecule is CC(C)[SiH](c1ccc(CCC(=O)O)cc1)C(C)C.CC(C)[SiH](c1ccc(CCCO)cc1)C(C)C. The molecule has 0 aliphatic carbocycles. The molecule has 35 heavy (non-hydrogen) atoms. The Bertz CT molecular complexity index is 827. The Hall–Kier alpha value is -1.70. The van der Waals surface area contributed by atoms with E-state index in [1.54, 1.807) is 5.19 Å². The molecular weight excluding hydrogens is 464 g/mol. The minimum absolute atomic E-state index is 0.217. The molecule has 2 rings (SSSR count). The quantitative estimate of drug-likeness (QED) is 0.351. The van der Waals surface area contributed by atoms with Crippen LogP contribution in [-0.2, 0) is 17.6 Å². The van der Waals surface area contributed by atoms with E-state index in [1.165, 1.54) is 10.8 Å². The lowest BCUT2D eigenvalue weighted by molar-refractivity contribution is -0.136. The molecule has 2 N–H and O–H groups in total. The minimum atomic E-state index is -0.915. The van der Waals surface area contributed by atoms with Crippen LogP contribution in [-0.4, -0.2) is 40.4 Å². The largest absolute Gasteiger partial charge is 0.481 e. The number of aliphatic carboxylic acids is 1. The van der Waals surface area contributed by atoms with Crippen LogP contribution in [0.1, 0.15) is 79.4 Å². The lowest BCUT2D eigenvalue weighted by Crippen LogP contribution is -2.35. The van der Waals surface area contributed by atoms with Crippen molar-refractivity contribution in [3.8, 4) is 0 Å². The molecule has 0 aliphatic heterocycles. The number of carboxylic acids is 1. The monoisotopic (exact) mass is 514 g/mol. The van der Waals surface area contributed by atoms with Gasteiger partial charge in [-0.3, -0.25) is 4.79 Å². The van der Waals surface area contributed by atoms with Crippen LogP contribution in [0.5, 0.6) is 0 Å². The third-order valence-corrected chi connectivity index (χ3v) is 14.9. The summed E-state index contributed by atoms with van der Waals surface area (Å²) in [4.78, 5) is 10.5. The average Bonchev–Trinajstić information content (AvgIpc) is 2.77. The second kappa shape index (κ2) is 16.1. The molecule has 0 aromatic heterocycles. The summed E-state index contributed by atoms with van der Waals surface area (Å²) in [5, 5.41) is 20.6. The van der Waals surface area contributed by atoms with Crippen molar-refractivity contribution in [3.63, 3.8) is 0 Å². The van der Waals surface area contributed by atoms with E-state index in [1.807, 2.05) is 0 Å². The number of hydrogen-bond donors (Lipinski definition) is 2. The highest BCUT2D eigenvalue weighted by atomic mass is 28.3. The van der Waals surface area contributed by atoms with Gasteiger partial charge in [0, 0.05) is 13.0 Å². The van der Waals surface area contributed by atoms with Gasteiger partial charge < -0.3 is 10.2 Å². The Kier molecular flexibility index (Phi) is 14.4. The Balaban J connectivity index is 0.000000351. The summed E-state index contributed by atoms with van der Waals surface area (Å²) in [5.41, 5.74) is 5.63. The zero-order valence-electron chi connectivity index (χ0n) is 23.4. The van der Waals surface area contributed by atoms with E-state index in [0.29, 0.717) is 6.42 Å². The topological polar surface area (TPSA) is 57.5 Å². The van der Waals surface area contributed by atoms with Crippen LogP contribution >= 0.6 is 0 Å². The van der Waals surface area contributed by atoms with Crippen LogP contribution in [0, 0.1) is 0 Å². The first-order chi connectivity index (χ1) is 16.5. The van der Waals surface area contributed by atoms with E-state index in [9.17, 15) is 4.79 Å². The summed E-state index contributed by atoms with van der Waals surface area (Å²) >= 11 is 0. The molecule has 0 radical (unpaired) electrons. The Labute approximate surface area is 218 Å². The molecule has 0 aliphatic rings. The van der Waals surface area contributed by atoms with Crippen molar-refractivity contribution in [2.45, 2.75) is 103 Å². The molecule has 0 saturated heterocycles. The molecule has 5 heteroatoms. The predicted octanol–water partition coefficient (Wildman–Crippen LogP) is 5.82. The Morgan fingerprint density at radius 3 is 1.29 bits per heavy atom. The molecule has 2 aromatic carbocycles. The third-order valence-electron chi connectivity index (χ3n) is 6.85. The van der Waals surface area contributed by atoms with Gasteiger partial charge in [0.05, 0.1) is 17.6 Å². The molecule has 0 atom stereocenters. The number of hydrogen-bond acceptors (Lipinski definition) is 2. The van der Waals surface area contributed by atoms with Crippen molar-refractivity contribution in [3.05, 3.63) is 59.7 Å². The highest BCUT2D eigenvalue weighted by Crippen LogP contribution is 2.21. The van der Waals surface area contributed by atoms with Gasteiger partial charge in [0.25, 0.3) is 0 Å². The number of benzene rings is 2. The number of aliphatic hydroxyl groups excluding tert-OH is 1. The standard InChI is InChI=1S/C15H24O2Si.C15H26OSi/c1-11(2)18(12(3)4)14-8-5-13(6-9-14)7-10-15(16)17;1-12(2)17(13(3)4)15-9-7-14(8-10-15)6-5-11-16/h5-6,8-9,11-12,18H,7,10H2,1-4H3,(H,16,17);7-10,12-13,16-17H,5-6,11H2,1-4H3. The van der Waals surface area contributed by atoms with Crippen LogP contribution in [0.2, 0.25) is 22.2 Å². The summed E-state index contributed by atoms with van der Waals surface area (Å²) in [6.07, 6.45) is 2.71. The van der Waals surface area contributed by atoms with E-state index in [-0.39, 0.29) is 13.0 Å². The molecule has 0 amide bonds. The van der Waals surface area contributed by atoms with Gasteiger partial charge in [-0.1, -0.05) is 114 Å². The molecule has 0 heterocycles. The second-order valence-electron chi connectivity index (χ2n) is 11.2. The molecule has 0 saturated carbocycles. The molecule has 2 aromatic rings. The molecule has 196 valence electrons. The zero-order chi connectivity index (χ0) is 26.5. The first-order valence-corrected chi connectivity index (χ1v) is 17.3. The van der Waals surface area contributed by atoms with Crippen LogP contribution in [0.15, 0.2) is 48.5 Å². The van der Waals surface area contributed by atoms with Crippen LogP contribution < -0.4 is 10.4 Å². The van der Waals surface area contributed by atoms with Gasteiger partial charge in [0.15, 0.2) is 0 Å². The molecule has 0 bridgehead atoms. The van der Waals surface area contributed by atoms with Crippen molar-refractivity contribution >= 4 is 33.9 Å². The zero-order valence-corrected chi connectivity index (χ0v) is 25.7. The van der Waals surface area contributed by atoms with Crippen molar-refractivity contribution in [1.29, 1.82) is 0 Å². The minimum Gasteiger partial charge on any atom is -0.481 e. The van der Waals surface area contributed by atoms with Gasteiger partial charge in [-0.2, -0.15) is 0 Å². The number of aliphatic hydroxyl groups is 1. The lowest BCUT2D eigenvalue weighted by atomic mass is 10.1. The fraction of sp³-hybridized carbons (Fsp3) is 0.567. The molecule has 0 spiro atoms. The van der Waals surface area contributed by atoms with E-state index >= 15 is 0 Å². The van der Waals surface area contributed by atoms with Crippen LogP contribution in [0.25, 0.3) is 0 Å². The first kappa shape index (κ1) is 31.3. The Morgan fingerprint density at radius 1 is 0.657 bits per heavy atom. The van der Waals surface area contributed by atoms with Gasteiger partial charge in [-0.05, 0) is 52.6 Å². The van der Waals surface area contributed by atoms with Crippen LogP contribution in [0.4, 0.5) is 0 Å². The average molecular weight is 515 g/mol. The fourth-order valence-electron chi connectivity index (χ4n) is 5.43. The van der Waals surface area contributed by atoms with Gasteiger partial charge in [-0.25, -0.2) is 0 Å². The van der Waals surface area contributed by atoms with Crippen molar-refractivity contribution in [2.24, 2.45) is 0 Å². The van der Waals surface area contributed by atoms with E-state index in [4.69, 9.17) is 10.2 Å². The summed E-state index contributed by atoms with van der Waals surface area (Å²) in [6.45, 7) is 19.0. The van der Waals surface area contributed by atoms with Gasteiger partial charge >= 0.3 is 5.97 Å². The summed E-state index contributed by atoms with van der Waals surface area (Å²) in [5.74, 6) is -0.726. The fourth-order valence-corrected chi connectivity index (χ4v) is 12.9. The highest BCUT2D eigenvalue weighted by molar-refractivity contribution is 6.76. The van der Waals surface area contributed by atoms with Crippen molar-refractivity contribution in [2.75, 3.05) is 6.61 Å². The molecule has 3 nitrogen and oxygen atoms in total. The summed E-state index contributed by atoms with van der Waals surface area (Å²) in [6, 6.07) is 17.8. The molecule has 0 fully saturated rings. The number of rotatable bonds is 12. The number of carbonyl (C=O) groups is 1. The van der Waals surface area contributed by atoms with Crippen molar-refractivity contribution < 1.29 is 15.0 Å². The van der Waals surface area contributed by atoms with E-state index in [0.717, 1.165) is 40.6 Å². The highest BCUT2D eigenvalue weighted by Gasteiger charge is 2.22. The maximum absolute atomic E-state index is 10.5.